The van der Waals surface area contributed by atoms with Crippen LogP contribution < -0.4 is 0 Å². The third-order valence-corrected chi connectivity index (χ3v) is 11.1. The molecule has 0 spiro atoms. The number of thiophene rings is 1. The Morgan fingerprint density at radius 3 is 1.88 bits per heavy atom. The average molecular weight is 667 g/mol. The second-order valence-corrected chi connectivity index (χ2v) is 14.0. The minimum absolute atomic E-state index is 0.709. The number of nitrogens with zero attached hydrogens (tertiary/aromatic N) is 2. The van der Waals surface area contributed by atoms with Crippen LogP contribution in [0.5, 0.6) is 0 Å². The topological polar surface area (TPSA) is 25.8 Å². The molecule has 238 valence electrons. The summed E-state index contributed by atoms with van der Waals surface area (Å²) in [6.45, 7) is 0. The van der Waals surface area contributed by atoms with Crippen LogP contribution in [0, 0.1) is 0 Å². The standard InChI is InChI=1S/C48H30N2S/c1-2-14-33(15-3-1)48-49-44(30-45(50-48)41-21-10-17-32-13-6-7-18-39(32)41)38-28-36(35-25-24-31-12-4-5-16-34(31)26-35)27-37(29-38)40-20-11-22-43-42-19-8-9-23-46(42)51-47(40)43/h1-30H. The van der Waals surface area contributed by atoms with Crippen molar-refractivity contribution in [3.8, 4) is 56.2 Å². The van der Waals surface area contributed by atoms with E-state index in [1.165, 1.54) is 58.4 Å². The summed E-state index contributed by atoms with van der Waals surface area (Å²) in [6.07, 6.45) is 0. The van der Waals surface area contributed by atoms with Gasteiger partial charge >= 0.3 is 0 Å². The molecule has 0 fully saturated rings. The molecule has 8 aromatic carbocycles. The summed E-state index contributed by atoms with van der Waals surface area (Å²) in [5, 5.41) is 7.40. The molecule has 0 N–H and O–H groups in total. The molecule has 0 aliphatic carbocycles. The second kappa shape index (κ2) is 12.2. The third-order valence-electron chi connectivity index (χ3n) is 9.85. The molecule has 0 unspecified atom stereocenters. The lowest BCUT2D eigenvalue weighted by Gasteiger charge is -2.14. The number of hydrogen-bond acceptors (Lipinski definition) is 3. The number of benzene rings is 8. The van der Waals surface area contributed by atoms with Crippen molar-refractivity contribution < 1.29 is 0 Å². The zero-order valence-corrected chi connectivity index (χ0v) is 28.4. The highest BCUT2D eigenvalue weighted by Crippen LogP contribution is 2.42. The molecule has 0 saturated carbocycles. The zero-order valence-electron chi connectivity index (χ0n) is 27.6. The van der Waals surface area contributed by atoms with Crippen molar-refractivity contribution in [2.75, 3.05) is 0 Å². The van der Waals surface area contributed by atoms with Gasteiger partial charge in [-0.1, -0.05) is 146 Å². The van der Waals surface area contributed by atoms with E-state index in [9.17, 15) is 0 Å². The van der Waals surface area contributed by atoms with Crippen molar-refractivity contribution in [2.24, 2.45) is 0 Å². The number of aromatic nitrogens is 2. The predicted molar refractivity (Wildman–Crippen MR) is 217 cm³/mol. The first-order valence-electron chi connectivity index (χ1n) is 17.2. The van der Waals surface area contributed by atoms with E-state index in [0.717, 1.165) is 33.6 Å². The smallest absolute Gasteiger partial charge is 0.160 e. The molecule has 0 saturated heterocycles. The van der Waals surface area contributed by atoms with E-state index in [2.05, 4.69) is 164 Å². The highest BCUT2D eigenvalue weighted by Gasteiger charge is 2.17. The van der Waals surface area contributed by atoms with Crippen LogP contribution in [0.3, 0.4) is 0 Å². The Kier molecular flexibility index (Phi) is 7.04. The van der Waals surface area contributed by atoms with Crippen LogP contribution in [0.2, 0.25) is 0 Å². The maximum absolute atomic E-state index is 5.29. The molecule has 51 heavy (non-hydrogen) atoms. The average Bonchev–Trinajstić information content (AvgIpc) is 3.59. The van der Waals surface area contributed by atoms with E-state index in [4.69, 9.17) is 9.97 Å². The SMILES string of the molecule is c1ccc(-c2nc(-c3cc(-c4ccc5ccccc5c4)cc(-c4cccc5c4sc4ccccc45)c3)cc(-c3cccc4ccccc34)n2)cc1. The van der Waals surface area contributed by atoms with E-state index in [-0.39, 0.29) is 0 Å². The molecule has 2 heterocycles. The molecule has 0 aliphatic heterocycles. The molecular formula is C48H30N2S. The summed E-state index contributed by atoms with van der Waals surface area (Å²) in [5.74, 6) is 0.709. The van der Waals surface area contributed by atoms with Crippen molar-refractivity contribution in [1.82, 2.24) is 9.97 Å². The molecule has 0 atom stereocenters. The van der Waals surface area contributed by atoms with Gasteiger partial charge in [0.15, 0.2) is 5.82 Å². The molecule has 0 aliphatic rings. The normalized spacial score (nSPS) is 11.5. The van der Waals surface area contributed by atoms with Gasteiger partial charge in [0.1, 0.15) is 0 Å². The lowest BCUT2D eigenvalue weighted by atomic mass is 9.93. The molecule has 2 aromatic heterocycles. The Bertz CT molecular complexity index is 2920. The minimum Gasteiger partial charge on any atom is -0.228 e. The quantitative estimate of drug-likeness (QED) is 0.183. The number of rotatable bonds is 5. The highest BCUT2D eigenvalue weighted by atomic mass is 32.1. The van der Waals surface area contributed by atoms with E-state index in [0.29, 0.717) is 5.82 Å². The van der Waals surface area contributed by atoms with Crippen LogP contribution in [-0.4, -0.2) is 9.97 Å². The Balaban J connectivity index is 1.24. The summed E-state index contributed by atoms with van der Waals surface area (Å²) in [7, 11) is 0. The lowest BCUT2D eigenvalue weighted by molar-refractivity contribution is 1.18. The van der Waals surface area contributed by atoms with Gasteiger partial charge < -0.3 is 0 Å². The maximum Gasteiger partial charge on any atom is 0.160 e. The largest absolute Gasteiger partial charge is 0.228 e. The van der Waals surface area contributed by atoms with Crippen molar-refractivity contribution in [1.29, 1.82) is 0 Å². The molecule has 2 nitrogen and oxygen atoms in total. The van der Waals surface area contributed by atoms with Crippen LogP contribution in [0.1, 0.15) is 0 Å². The fourth-order valence-corrected chi connectivity index (χ4v) is 8.58. The molecule has 0 bridgehead atoms. The van der Waals surface area contributed by atoms with Crippen LogP contribution in [-0.2, 0) is 0 Å². The first kappa shape index (κ1) is 29.5. The van der Waals surface area contributed by atoms with E-state index < -0.39 is 0 Å². The fourth-order valence-electron chi connectivity index (χ4n) is 7.34. The molecular weight excluding hydrogens is 637 g/mol. The Morgan fingerprint density at radius 2 is 0.980 bits per heavy atom. The summed E-state index contributed by atoms with van der Waals surface area (Å²) in [4.78, 5) is 10.5. The zero-order chi connectivity index (χ0) is 33.7. The van der Waals surface area contributed by atoms with Gasteiger partial charge in [0, 0.05) is 36.9 Å². The van der Waals surface area contributed by atoms with Crippen LogP contribution in [0.15, 0.2) is 182 Å². The Hall–Kier alpha value is -6.42. The molecule has 0 radical (unpaired) electrons. The highest BCUT2D eigenvalue weighted by molar-refractivity contribution is 7.26. The van der Waals surface area contributed by atoms with Crippen molar-refractivity contribution >= 4 is 53.1 Å². The van der Waals surface area contributed by atoms with E-state index in [1.807, 2.05) is 29.5 Å². The predicted octanol–water partition coefficient (Wildman–Crippen LogP) is 13.5. The number of hydrogen-bond donors (Lipinski definition) is 0. The van der Waals surface area contributed by atoms with Crippen LogP contribution >= 0.6 is 11.3 Å². The van der Waals surface area contributed by atoms with Gasteiger partial charge in [-0.05, 0) is 80.2 Å². The second-order valence-electron chi connectivity index (χ2n) is 13.0. The third kappa shape index (κ3) is 5.27. The Morgan fingerprint density at radius 1 is 0.333 bits per heavy atom. The van der Waals surface area contributed by atoms with Crippen LogP contribution in [0.4, 0.5) is 0 Å². The van der Waals surface area contributed by atoms with Gasteiger partial charge in [-0.15, -0.1) is 11.3 Å². The van der Waals surface area contributed by atoms with Gasteiger partial charge in [-0.2, -0.15) is 0 Å². The number of fused-ring (bicyclic) bond motifs is 5. The summed E-state index contributed by atoms with van der Waals surface area (Å²) in [5.41, 5.74) is 9.64. The summed E-state index contributed by atoms with van der Waals surface area (Å²) >= 11 is 1.86. The molecule has 3 heteroatoms. The summed E-state index contributed by atoms with van der Waals surface area (Å²) in [6, 6.07) is 65.1. The lowest BCUT2D eigenvalue weighted by Crippen LogP contribution is -1.97. The summed E-state index contributed by atoms with van der Waals surface area (Å²) < 4.78 is 2.60. The van der Waals surface area contributed by atoms with Crippen LogP contribution in [0.25, 0.3) is 97.9 Å². The first-order valence-corrected chi connectivity index (χ1v) is 18.0. The Labute approximate surface area is 300 Å². The maximum atomic E-state index is 5.29. The van der Waals surface area contributed by atoms with Crippen molar-refractivity contribution in [3.05, 3.63) is 182 Å². The van der Waals surface area contributed by atoms with Gasteiger partial charge in [-0.3, -0.25) is 0 Å². The van der Waals surface area contributed by atoms with Crippen molar-refractivity contribution in [2.45, 2.75) is 0 Å². The fraction of sp³-hybridized carbons (Fsp3) is 0. The first-order chi connectivity index (χ1) is 25.2. The van der Waals surface area contributed by atoms with Gasteiger partial charge in [-0.25, -0.2) is 9.97 Å². The molecule has 10 rings (SSSR count). The van der Waals surface area contributed by atoms with E-state index in [1.54, 1.807) is 0 Å². The minimum atomic E-state index is 0.709. The monoisotopic (exact) mass is 666 g/mol. The van der Waals surface area contributed by atoms with Gasteiger partial charge in [0.25, 0.3) is 0 Å². The molecule has 10 aromatic rings. The van der Waals surface area contributed by atoms with Gasteiger partial charge in [0.05, 0.1) is 11.4 Å². The van der Waals surface area contributed by atoms with E-state index >= 15 is 0 Å². The molecule has 0 amide bonds. The van der Waals surface area contributed by atoms with Crippen molar-refractivity contribution in [3.63, 3.8) is 0 Å². The van der Waals surface area contributed by atoms with Gasteiger partial charge in [0.2, 0.25) is 0 Å².